The highest BCUT2D eigenvalue weighted by molar-refractivity contribution is 7.47. The molecule has 0 aliphatic carbocycles. The highest BCUT2D eigenvalue weighted by atomic mass is 31.2. The second-order valence-electron chi connectivity index (χ2n) is 21.9. The van der Waals surface area contributed by atoms with Crippen molar-refractivity contribution >= 4 is 19.8 Å². The zero-order valence-corrected chi connectivity index (χ0v) is 55.8. The number of phosphoric ester groups is 1. The molecule has 0 bridgehead atoms. The monoisotopic (exact) mass is 1220 g/mol. The summed E-state index contributed by atoms with van der Waals surface area (Å²) < 4.78 is 33.1. The molecule has 0 spiro atoms. The van der Waals surface area contributed by atoms with E-state index < -0.39 is 32.5 Å². The minimum absolute atomic E-state index is 0.0416. The molecule has 87 heavy (non-hydrogen) atoms. The van der Waals surface area contributed by atoms with Gasteiger partial charge in [0.15, 0.2) is 6.10 Å². The van der Waals surface area contributed by atoms with E-state index in [1.165, 1.54) is 70.6 Å². The van der Waals surface area contributed by atoms with Gasteiger partial charge in [-0.05, 0) is 135 Å². The van der Waals surface area contributed by atoms with Crippen LogP contribution in [0.25, 0.3) is 0 Å². The maximum Gasteiger partial charge on any atom is 0.472 e. The van der Waals surface area contributed by atoms with Gasteiger partial charge in [-0.25, -0.2) is 4.57 Å². The molecule has 0 aliphatic rings. The van der Waals surface area contributed by atoms with Gasteiger partial charge >= 0.3 is 19.8 Å². The van der Waals surface area contributed by atoms with Gasteiger partial charge in [0.1, 0.15) is 6.61 Å². The summed E-state index contributed by atoms with van der Waals surface area (Å²) in [5.74, 6) is -0.860. The first-order chi connectivity index (χ1) is 42.8. The summed E-state index contributed by atoms with van der Waals surface area (Å²) in [6, 6.07) is 0. The number of hydrogen-bond acceptors (Lipinski definition) is 8. The van der Waals surface area contributed by atoms with Crippen LogP contribution in [0.1, 0.15) is 258 Å². The molecule has 0 rings (SSSR count). The first-order valence-electron chi connectivity index (χ1n) is 34.3. The molecule has 2 unspecified atom stereocenters. The second kappa shape index (κ2) is 70.2. The molecule has 0 aromatic carbocycles. The van der Waals surface area contributed by atoms with Crippen LogP contribution in [0.2, 0.25) is 0 Å². The van der Waals surface area contributed by atoms with Gasteiger partial charge in [-0.3, -0.25) is 18.6 Å². The van der Waals surface area contributed by atoms with Crippen LogP contribution in [-0.4, -0.2) is 49.3 Å². The van der Waals surface area contributed by atoms with Crippen LogP contribution in [0.15, 0.2) is 182 Å². The Labute approximate surface area is 533 Å². The van der Waals surface area contributed by atoms with E-state index >= 15 is 0 Å². The maximum absolute atomic E-state index is 12.8. The van der Waals surface area contributed by atoms with E-state index in [0.717, 1.165) is 148 Å². The highest BCUT2D eigenvalue weighted by Crippen LogP contribution is 2.43. The average Bonchev–Trinajstić information content (AvgIpc) is 3.64. The number of allylic oxidation sites excluding steroid dienone is 30. The number of phosphoric acid groups is 1. The fraction of sp³-hybridized carbons (Fsp3) is 0.584. The van der Waals surface area contributed by atoms with E-state index in [9.17, 15) is 19.0 Å². The highest BCUT2D eigenvalue weighted by Gasteiger charge is 2.26. The van der Waals surface area contributed by atoms with E-state index in [0.29, 0.717) is 12.8 Å². The predicted molar refractivity (Wildman–Crippen MR) is 376 cm³/mol. The van der Waals surface area contributed by atoms with Crippen molar-refractivity contribution in [2.24, 2.45) is 5.73 Å². The molecular formula is C77H124NO8P. The van der Waals surface area contributed by atoms with Crippen LogP contribution in [0, 0.1) is 0 Å². The van der Waals surface area contributed by atoms with Crippen LogP contribution >= 0.6 is 7.82 Å². The fourth-order valence-corrected chi connectivity index (χ4v) is 9.57. The maximum atomic E-state index is 12.8. The van der Waals surface area contributed by atoms with Crippen LogP contribution in [-0.2, 0) is 32.7 Å². The Hall–Kier alpha value is -4.89. The minimum atomic E-state index is -4.41. The molecule has 2 atom stereocenters. The number of carbonyl (C=O) groups excluding carboxylic acids is 2. The van der Waals surface area contributed by atoms with Crippen LogP contribution in [0.4, 0.5) is 0 Å². The van der Waals surface area contributed by atoms with E-state index in [1.807, 2.05) is 0 Å². The fourth-order valence-electron chi connectivity index (χ4n) is 8.81. The lowest BCUT2D eigenvalue weighted by atomic mass is 10.0. The molecular weight excluding hydrogens is 1100 g/mol. The lowest BCUT2D eigenvalue weighted by Crippen LogP contribution is -2.29. The van der Waals surface area contributed by atoms with Gasteiger partial charge in [0.25, 0.3) is 0 Å². The molecule has 490 valence electrons. The molecule has 0 aromatic heterocycles. The topological polar surface area (TPSA) is 134 Å². The SMILES string of the molecule is CC/C=C\C/C=C\C/C=C\C/C=C\C/C=C\C/C=C\C/C=C\C/C=C\CCCCCCCCCCCCCCCCC(=O)OC(COC(=O)CCCCCCC/C=C\C/C=C\C/C=C\C/C=C\C/C=C\C/C=C\C/C=C\CC)COP(=O)(O)OCCN. The standard InChI is InChI=1S/C77H124NO8P/c1-3-5-7-9-11-13-15-17-19-21-23-25-27-29-31-32-33-34-35-36-37-38-39-40-41-42-44-46-48-50-52-54-56-58-60-62-64-66-68-70-77(80)86-75(74-85-87(81,82)84-72-71-78)73-83-76(79)69-67-65-63-61-59-57-55-53-51-49-47-45-43-30-28-26-24-22-20-18-16-14-12-10-8-6-4-2/h5-8,11-14,17-20,23-26,29-31,33-34,36-37,39-40,43,47,49,53,55,75H,3-4,9-10,15-16,21-22,27-28,32,35,38,41-42,44-46,48,50-52,54,56-74,78H2,1-2H3,(H,81,82)/b7-5-,8-6-,13-11-,14-12-,19-17-,20-18-,25-23-,26-24-,31-29-,34-33-,37-36-,40-39-,43-30-,49-47-,55-53-. The summed E-state index contributed by atoms with van der Waals surface area (Å²) in [5.41, 5.74) is 5.40. The molecule has 3 N–H and O–H groups in total. The van der Waals surface area contributed by atoms with Crippen molar-refractivity contribution in [1.29, 1.82) is 0 Å². The summed E-state index contributed by atoms with van der Waals surface area (Å²) >= 11 is 0. The Morgan fingerprint density at radius 1 is 0.345 bits per heavy atom. The number of ether oxygens (including phenoxy) is 2. The van der Waals surface area contributed by atoms with Crippen molar-refractivity contribution in [3.05, 3.63) is 182 Å². The third-order valence-electron chi connectivity index (χ3n) is 13.8. The molecule has 0 aromatic rings. The number of unbranched alkanes of at least 4 members (excludes halogenated alkanes) is 19. The number of nitrogens with two attached hydrogens (primary N) is 1. The Bertz CT molecular complexity index is 2080. The van der Waals surface area contributed by atoms with Crippen molar-refractivity contribution in [3.8, 4) is 0 Å². The first kappa shape index (κ1) is 82.1. The molecule has 0 aliphatic heterocycles. The Kier molecular flexibility index (Phi) is 66.3. The molecule has 0 amide bonds. The summed E-state index contributed by atoms with van der Waals surface area (Å²) in [7, 11) is -4.41. The van der Waals surface area contributed by atoms with Crippen LogP contribution < -0.4 is 5.73 Å². The summed E-state index contributed by atoms with van der Waals surface area (Å²) in [6.07, 6.45) is 105. The van der Waals surface area contributed by atoms with Crippen LogP contribution in [0.3, 0.4) is 0 Å². The number of hydrogen-bond donors (Lipinski definition) is 2. The van der Waals surface area contributed by atoms with Gasteiger partial charge in [0, 0.05) is 19.4 Å². The van der Waals surface area contributed by atoms with Crippen molar-refractivity contribution in [2.75, 3.05) is 26.4 Å². The largest absolute Gasteiger partial charge is 0.472 e. The van der Waals surface area contributed by atoms with Gasteiger partial charge in [-0.15, -0.1) is 0 Å². The third-order valence-corrected chi connectivity index (χ3v) is 14.8. The summed E-state index contributed by atoms with van der Waals surface area (Å²) in [6.45, 7) is 3.48. The van der Waals surface area contributed by atoms with Gasteiger partial charge in [0.2, 0.25) is 0 Å². The molecule has 10 heteroatoms. The lowest BCUT2D eigenvalue weighted by Gasteiger charge is -2.19. The van der Waals surface area contributed by atoms with Crippen molar-refractivity contribution in [3.63, 3.8) is 0 Å². The molecule has 0 saturated carbocycles. The predicted octanol–water partition coefficient (Wildman–Crippen LogP) is 22.7. The van der Waals surface area contributed by atoms with E-state index in [4.69, 9.17) is 24.3 Å². The van der Waals surface area contributed by atoms with Crippen LogP contribution in [0.5, 0.6) is 0 Å². The number of rotatable bonds is 62. The average molecular weight is 1220 g/mol. The van der Waals surface area contributed by atoms with Gasteiger partial charge in [-0.1, -0.05) is 292 Å². The molecule has 0 heterocycles. The van der Waals surface area contributed by atoms with Gasteiger partial charge in [0.05, 0.1) is 13.2 Å². The quantitative estimate of drug-likeness (QED) is 0.0264. The number of esters is 2. The zero-order valence-electron chi connectivity index (χ0n) is 54.9. The molecule has 0 saturated heterocycles. The van der Waals surface area contributed by atoms with E-state index in [2.05, 4.69) is 196 Å². The molecule has 9 nitrogen and oxygen atoms in total. The Morgan fingerprint density at radius 2 is 0.598 bits per heavy atom. The van der Waals surface area contributed by atoms with Crippen molar-refractivity contribution < 1.29 is 37.6 Å². The Balaban J connectivity index is 3.98. The molecule has 0 radical (unpaired) electrons. The zero-order chi connectivity index (χ0) is 63.0. The lowest BCUT2D eigenvalue weighted by molar-refractivity contribution is -0.161. The Morgan fingerprint density at radius 3 is 0.885 bits per heavy atom. The normalized spacial score (nSPS) is 14.1. The van der Waals surface area contributed by atoms with Crippen molar-refractivity contribution in [2.45, 2.75) is 264 Å². The third kappa shape index (κ3) is 70.1. The second-order valence-corrected chi connectivity index (χ2v) is 23.4. The van der Waals surface area contributed by atoms with Gasteiger partial charge < -0.3 is 20.1 Å². The minimum Gasteiger partial charge on any atom is -0.462 e. The van der Waals surface area contributed by atoms with E-state index in [1.54, 1.807) is 0 Å². The smallest absolute Gasteiger partial charge is 0.462 e. The number of carbonyl (C=O) groups is 2. The molecule has 0 fully saturated rings. The summed E-state index contributed by atoms with van der Waals surface area (Å²) in [5, 5.41) is 0. The first-order valence-corrected chi connectivity index (χ1v) is 35.8. The van der Waals surface area contributed by atoms with Crippen molar-refractivity contribution in [1.82, 2.24) is 0 Å². The van der Waals surface area contributed by atoms with Gasteiger partial charge in [-0.2, -0.15) is 0 Å². The van der Waals surface area contributed by atoms with E-state index in [-0.39, 0.29) is 32.6 Å². The summed E-state index contributed by atoms with van der Waals surface area (Å²) in [4.78, 5) is 35.3.